The highest BCUT2D eigenvalue weighted by Crippen LogP contribution is 2.66. The summed E-state index contributed by atoms with van der Waals surface area (Å²) in [5, 5.41) is 0. The summed E-state index contributed by atoms with van der Waals surface area (Å²) in [5.74, 6) is 3.67. The van der Waals surface area contributed by atoms with Crippen molar-refractivity contribution >= 4 is 6.08 Å². The van der Waals surface area contributed by atoms with Gasteiger partial charge in [0.05, 0.1) is 5.69 Å². The number of hydrogen-bond acceptors (Lipinski definition) is 1. The van der Waals surface area contributed by atoms with E-state index in [0.29, 0.717) is 10.8 Å². The minimum absolute atomic E-state index is 0.423. The molecule has 0 N–H and O–H groups in total. The van der Waals surface area contributed by atoms with Crippen LogP contribution in [0.1, 0.15) is 70.9 Å². The Hall–Kier alpha value is -1.37. The molecule has 3 saturated carbocycles. The van der Waals surface area contributed by atoms with Crippen molar-refractivity contribution in [3.8, 4) is 0 Å². The molecule has 6 atom stereocenters. The topological polar surface area (TPSA) is 12.9 Å². The van der Waals surface area contributed by atoms with Crippen LogP contribution in [-0.2, 0) is 0 Å². The van der Waals surface area contributed by atoms with E-state index in [9.17, 15) is 0 Å². The molecular weight excluding hydrogens is 314 g/mol. The van der Waals surface area contributed by atoms with E-state index in [-0.39, 0.29) is 0 Å². The van der Waals surface area contributed by atoms with E-state index < -0.39 is 0 Å². The summed E-state index contributed by atoms with van der Waals surface area (Å²) in [6, 6.07) is 6.30. The number of pyridine rings is 1. The summed E-state index contributed by atoms with van der Waals surface area (Å²) in [5.41, 5.74) is 3.84. The minimum Gasteiger partial charge on any atom is -0.257 e. The largest absolute Gasteiger partial charge is 0.257 e. The Morgan fingerprint density at radius 1 is 1.04 bits per heavy atom. The zero-order valence-electron chi connectivity index (χ0n) is 16.5. The van der Waals surface area contributed by atoms with E-state index in [0.717, 1.165) is 29.4 Å². The van der Waals surface area contributed by atoms with Crippen LogP contribution in [0.4, 0.5) is 0 Å². The van der Waals surface area contributed by atoms with Gasteiger partial charge in [-0.3, -0.25) is 4.98 Å². The molecule has 1 aromatic heterocycles. The molecule has 3 fully saturated rings. The van der Waals surface area contributed by atoms with Gasteiger partial charge in [0.15, 0.2) is 0 Å². The van der Waals surface area contributed by atoms with Gasteiger partial charge in [0.25, 0.3) is 0 Å². The van der Waals surface area contributed by atoms with Crippen LogP contribution < -0.4 is 0 Å². The van der Waals surface area contributed by atoms with Crippen LogP contribution in [0.2, 0.25) is 0 Å². The molecule has 0 aliphatic heterocycles. The molecule has 0 aromatic carbocycles. The average Bonchev–Trinajstić information content (AvgIpc) is 2.98. The van der Waals surface area contributed by atoms with E-state index in [4.69, 9.17) is 0 Å². The van der Waals surface area contributed by atoms with Crippen LogP contribution in [0.3, 0.4) is 0 Å². The highest BCUT2D eigenvalue weighted by Gasteiger charge is 2.57. The van der Waals surface area contributed by atoms with Crippen LogP contribution >= 0.6 is 0 Å². The fraction of sp³-hybridized carbons (Fsp3) is 0.640. The first-order chi connectivity index (χ1) is 12.6. The second kappa shape index (κ2) is 6.08. The maximum absolute atomic E-state index is 4.57. The fourth-order valence-corrected chi connectivity index (χ4v) is 7.55. The Morgan fingerprint density at radius 2 is 1.96 bits per heavy atom. The van der Waals surface area contributed by atoms with E-state index in [1.165, 1.54) is 51.4 Å². The summed E-state index contributed by atoms with van der Waals surface area (Å²) in [7, 11) is 0. The van der Waals surface area contributed by atoms with Crippen molar-refractivity contribution in [3.05, 3.63) is 47.8 Å². The minimum atomic E-state index is 0.423. The quantitative estimate of drug-likeness (QED) is 0.517. The predicted molar refractivity (Wildman–Crippen MR) is 108 cm³/mol. The second-order valence-corrected chi connectivity index (χ2v) is 9.95. The number of fused-ring (bicyclic) bond motifs is 5. The summed E-state index contributed by atoms with van der Waals surface area (Å²) >= 11 is 0. The highest BCUT2D eigenvalue weighted by molar-refractivity contribution is 5.52. The van der Waals surface area contributed by atoms with E-state index >= 15 is 0 Å². The third kappa shape index (κ3) is 2.38. The van der Waals surface area contributed by atoms with Gasteiger partial charge in [-0.2, -0.15) is 0 Å². The Balaban J connectivity index is 1.45. The average molecular weight is 348 g/mol. The first-order valence-corrected chi connectivity index (χ1v) is 10.9. The van der Waals surface area contributed by atoms with Crippen LogP contribution in [0.25, 0.3) is 6.08 Å². The highest BCUT2D eigenvalue weighted by atomic mass is 14.7. The normalized spacial score (nSPS) is 45.8. The van der Waals surface area contributed by atoms with Crippen molar-refractivity contribution < 1.29 is 0 Å². The summed E-state index contributed by atoms with van der Waals surface area (Å²) in [6.07, 6.45) is 20.6. The maximum atomic E-state index is 4.57. The molecule has 0 radical (unpaired) electrons. The van der Waals surface area contributed by atoms with E-state index in [1.54, 1.807) is 5.57 Å². The Labute approximate surface area is 159 Å². The molecule has 1 aromatic rings. The standard InChI is InChI=1S/C25H33N/c1-24-14-5-3-7-18(24)9-11-21-22-12-10-19(17-20-8-4-6-16-26-20)25(22,2)15-13-23(21)24/h3-4,6-8,16-18,21-23H,5,9-15H2,1-2H3/b19-17+/t18-,21-,22-,23-,24-,25+/m0/s1. The van der Waals surface area contributed by atoms with Crippen molar-refractivity contribution in [2.24, 2.45) is 34.5 Å². The van der Waals surface area contributed by atoms with Crippen LogP contribution in [0.5, 0.6) is 0 Å². The molecular formula is C25H33N. The molecule has 4 aliphatic carbocycles. The summed E-state index contributed by atoms with van der Waals surface area (Å²) in [4.78, 5) is 4.57. The number of hydrogen-bond donors (Lipinski definition) is 0. The number of allylic oxidation sites excluding steroid dienone is 3. The molecule has 5 rings (SSSR count). The lowest BCUT2D eigenvalue weighted by Gasteiger charge is -2.59. The molecule has 0 spiro atoms. The second-order valence-electron chi connectivity index (χ2n) is 9.95. The molecule has 0 unspecified atom stereocenters. The molecule has 4 aliphatic rings. The molecule has 0 saturated heterocycles. The maximum Gasteiger partial charge on any atom is 0.0629 e. The SMILES string of the molecule is C[C@]12CCC=C[C@H]1CC[C@@H]1[C@@H]2CC[C@]2(C)/C(=C/c3ccccn3)CC[C@@H]12. The Morgan fingerprint density at radius 3 is 2.81 bits per heavy atom. The van der Waals surface area contributed by atoms with Crippen molar-refractivity contribution in [1.82, 2.24) is 4.98 Å². The van der Waals surface area contributed by atoms with Crippen LogP contribution in [0, 0.1) is 34.5 Å². The third-order valence-electron chi connectivity index (χ3n) is 9.02. The lowest BCUT2D eigenvalue weighted by atomic mass is 9.46. The zero-order chi connectivity index (χ0) is 17.8. The van der Waals surface area contributed by atoms with E-state index in [2.05, 4.69) is 49.2 Å². The number of aromatic nitrogens is 1. The van der Waals surface area contributed by atoms with Gasteiger partial charge in [-0.25, -0.2) is 0 Å². The molecule has 1 nitrogen and oxygen atoms in total. The van der Waals surface area contributed by atoms with Crippen molar-refractivity contribution in [1.29, 1.82) is 0 Å². The fourth-order valence-electron chi connectivity index (χ4n) is 7.55. The van der Waals surface area contributed by atoms with Gasteiger partial charge in [-0.1, -0.05) is 37.6 Å². The first-order valence-electron chi connectivity index (χ1n) is 10.9. The van der Waals surface area contributed by atoms with Crippen molar-refractivity contribution in [2.75, 3.05) is 0 Å². The number of nitrogens with zero attached hydrogens (tertiary/aromatic N) is 1. The summed E-state index contributed by atoms with van der Waals surface area (Å²) in [6.45, 7) is 5.23. The van der Waals surface area contributed by atoms with Gasteiger partial charge < -0.3 is 0 Å². The molecule has 138 valence electrons. The molecule has 1 heteroatoms. The van der Waals surface area contributed by atoms with Crippen molar-refractivity contribution in [3.63, 3.8) is 0 Å². The molecule has 26 heavy (non-hydrogen) atoms. The van der Waals surface area contributed by atoms with Gasteiger partial charge >= 0.3 is 0 Å². The smallest absolute Gasteiger partial charge is 0.0629 e. The predicted octanol–water partition coefficient (Wildman–Crippen LogP) is 6.67. The Bertz CT molecular complexity index is 732. The van der Waals surface area contributed by atoms with Gasteiger partial charge in [0.2, 0.25) is 0 Å². The lowest BCUT2D eigenvalue weighted by molar-refractivity contribution is -0.0737. The zero-order valence-corrected chi connectivity index (χ0v) is 16.5. The summed E-state index contributed by atoms with van der Waals surface area (Å²) < 4.78 is 0. The van der Waals surface area contributed by atoms with Gasteiger partial charge in [0, 0.05) is 6.20 Å². The van der Waals surface area contributed by atoms with Crippen LogP contribution in [0.15, 0.2) is 42.1 Å². The van der Waals surface area contributed by atoms with E-state index in [1.807, 2.05) is 12.3 Å². The third-order valence-corrected chi connectivity index (χ3v) is 9.02. The van der Waals surface area contributed by atoms with Crippen LogP contribution in [-0.4, -0.2) is 4.98 Å². The Kier molecular flexibility index (Phi) is 3.92. The molecule has 1 heterocycles. The number of rotatable bonds is 1. The lowest BCUT2D eigenvalue weighted by Crippen LogP contribution is -2.51. The molecule has 0 bridgehead atoms. The first kappa shape index (κ1) is 16.8. The van der Waals surface area contributed by atoms with Crippen molar-refractivity contribution in [2.45, 2.75) is 65.2 Å². The van der Waals surface area contributed by atoms with Gasteiger partial charge in [0.1, 0.15) is 0 Å². The van der Waals surface area contributed by atoms with Gasteiger partial charge in [-0.15, -0.1) is 0 Å². The van der Waals surface area contributed by atoms with Gasteiger partial charge in [-0.05, 0) is 104 Å². The monoisotopic (exact) mass is 347 g/mol. The molecule has 0 amide bonds.